The molecule has 0 bridgehead atoms. The highest BCUT2D eigenvalue weighted by molar-refractivity contribution is 7.52. The Kier molecular flexibility index (Phi) is 10.7. The van der Waals surface area contributed by atoms with Crippen LogP contribution in [0.3, 0.4) is 0 Å². The highest BCUT2D eigenvalue weighted by atomic mass is 31.2. The molecule has 0 radical (unpaired) electrons. The van der Waals surface area contributed by atoms with Gasteiger partial charge in [0.1, 0.15) is 5.82 Å². The van der Waals surface area contributed by atoms with Crippen LogP contribution in [0.1, 0.15) is 53.3 Å². The van der Waals surface area contributed by atoms with Gasteiger partial charge in [-0.15, -0.1) is 9.46 Å². The van der Waals surface area contributed by atoms with Gasteiger partial charge >= 0.3 is 19.5 Å². The van der Waals surface area contributed by atoms with Crippen molar-refractivity contribution in [3.8, 4) is 0 Å². The molecule has 0 fully saturated rings. The first kappa shape index (κ1) is 33.3. The Morgan fingerprint density at radius 1 is 0.622 bits per heavy atom. The number of rotatable bonds is 13. The number of benzene rings is 4. The third kappa shape index (κ3) is 7.75. The summed E-state index contributed by atoms with van der Waals surface area (Å²) in [6.07, 6.45) is -0.520. The minimum absolute atomic E-state index is 0.0616. The Labute approximate surface area is 257 Å². The largest absolute Gasteiger partial charge is 0.465 e. The van der Waals surface area contributed by atoms with Crippen LogP contribution in [0.4, 0.5) is 13.4 Å². The lowest BCUT2D eigenvalue weighted by molar-refractivity contribution is -0.0881. The van der Waals surface area contributed by atoms with Crippen molar-refractivity contribution in [2.24, 2.45) is 0 Å². The summed E-state index contributed by atoms with van der Waals surface area (Å²) in [5.41, 5.74) is 1.43. The van der Waals surface area contributed by atoms with E-state index in [9.17, 15) is 32.4 Å². The minimum atomic E-state index is -4.63. The Morgan fingerprint density at radius 2 is 1.02 bits per heavy atom. The Bertz CT molecular complexity index is 1680. The summed E-state index contributed by atoms with van der Waals surface area (Å²) in [6.45, 7) is 0. The molecule has 8 nitrogen and oxygen atoms in total. The quantitative estimate of drug-likeness (QED) is 0.0841. The van der Waals surface area contributed by atoms with Crippen molar-refractivity contribution in [1.82, 2.24) is 0 Å². The van der Waals surface area contributed by atoms with Crippen LogP contribution >= 0.6 is 7.60 Å². The van der Waals surface area contributed by atoms with Gasteiger partial charge in [-0.1, -0.05) is 60.7 Å². The summed E-state index contributed by atoms with van der Waals surface area (Å²) < 4.78 is 67.3. The third-order valence-electron chi connectivity index (χ3n) is 7.40. The number of halogens is 3. The van der Waals surface area contributed by atoms with Gasteiger partial charge in [0.05, 0.1) is 36.9 Å². The van der Waals surface area contributed by atoms with E-state index in [-0.39, 0.29) is 35.3 Å². The molecule has 1 unspecified atom stereocenters. The average Bonchev–Trinajstić information content (AvgIpc) is 3.08. The van der Waals surface area contributed by atoms with Crippen LogP contribution in [0, 0.1) is 5.82 Å². The number of esters is 2. The van der Waals surface area contributed by atoms with Crippen molar-refractivity contribution in [3.63, 3.8) is 0 Å². The first-order chi connectivity index (χ1) is 21.6. The number of hydrogen-bond acceptors (Lipinski definition) is 8. The molecule has 0 aliphatic heterocycles. The van der Waals surface area contributed by atoms with E-state index < -0.39 is 36.9 Å². The number of ketones is 1. The summed E-state index contributed by atoms with van der Waals surface area (Å²) in [6, 6.07) is 24.1. The maximum atomic E-state index is 14.6. The summed E-state index contributed by atoms with van der Waals surface area (Å²) in [4.78, 5) is 38.7. The van der Waals surface area contributed by atoms with Crippen molar-refractivity contribution in [3.05, 3.63) is 142 Å². The Balaban J connectivity index is 1.84. The molecule has 4 rings (SSSR count). The van der Waals surface area contributed by atoms with Crippen molar-refractivity contribution >= 4 is 25.3 Å². The van der Waals surface area contributed by atoms with Gasteiger partial charge in [0.15, 0.2) is 5.78 Å². The van der Waals surface area contributed by atoms with E-state index in [0.717, 1.165) is 0 Å². The molecule has 4 aromatic rings. The normalized spacial score (nSPS) is 12.6. The van der Waals surface area contributed by atoms with Gasteiger partial charge in [-0.2, -0.15) is 0 Å². The second-order valence-corrected chi connectivity index (χ2v) is 12.1. The average molecular weight is 641 g/mol. The SMILES string of the molecule is COC(=O)c1ccc(CC(Cc2ccc(CP(=O)(OF)OF)cc2)(C(=O)c2ccc(C(=O)OC)cc2)c2ccc(F)cc2)cc1. The number of ether oxygens (including phenoxy) is 2. The lowest BCUT2D eigenvalue weighted by Crippen LogP contribution is -2.41. The van der Waals surface area contributed by atoms with Crippen LogP contribution < -0.4 is 0 Å². The molecule has 0 saturated carbocycles. The summed E-state index contributed by atoms with van der Waals surface area (Å²) in [5.74, 6) is -1.98. The Morgan fingerprint density at radius 3 is 1.47 bits per heavy atom. The molecule has 12 heteroatoms. The monoisotopic (exact) mass is 640 g/mol. The van der Waals surface area contributed by atoms with Crippen molar-refractivity contribution in [2.45, 2.75) is 24.4 Å². The second kappa shape index (κ2) is 14.5. The van der Waals surface area contributed by atoms with E-state index in [1.165, 1.54) is 74.9 Å². The molecule has 0 N–H and O–H groups in total. The number of hydrogen-bond donors (Lipinski definition) is 0. The topological polar surface area (TPSA) is 105 Å². The van der Waals surface area contributed by atoms with Gasteiger partial charge < -0.3 is 9.47 Å². The highest BCUT2D eigenvalue weighted by Gasteiger charge is 2.41. The first-order valence-corrected chi connectivity index (χ1v) is 15.2. The van der Waals surface area contributed by atoms with Crippen LogP contribution in [0.15, 0.2) is 97.1 Å². The van der Waals surface area contributed by atoms with E-state index >= 15 is 0 Å². The molecule has 45 heavy (non-hydrogen) atoms. The lowest BCUT2D eigenvalue weighted by Gasteiger charge is -2.34. The zero-order chi connectivity index (χ0) is 32.6. The van der Waals surface area contributed by atoms with Crippen LogP contribution in [0.25, 0.3) is 0 Å². The van der Waals surface area contributed by atoms with Crippen LogP contribution in [0.5, 0.6) is 0 Å². The summed E-state index contributed by atoms with van der Waals surface area (Å²) >= 11 is 0. The molecule has 0 heterocycles. The number of carbonyl (C=O) groups is 3. The van der Waals surface area contributed by atoms with E-state index in [0.29, 0.717) is 22.3 Å². The van der Waals surface area contributed by atoms with Crippen molar-refractivity contribution < 1.29 is 51.3 Å². The first-order valence-electron chi connectivity index (χ1n) is 13.5. The van der Waals surface area contributed by atoms with Crippen LogP contribution in [-0.4, -0.2) is 31.9 Å². The van der Waals surface area contributed by atoms with Gasteiger partial charge in [-0.25, -0.2) is 14.0 Å². The Hall–Kier alpha value is -4.57. The fraction of sp³-hybridized carbons (Fsp3) is 0.182. The van der Waals surface area contributed by atoms with E-state index in [4.69, 9.17) is 9.47 Å². The van der Waals surface area contributed by atoms with Crippen molar-refractivity contribution in [2.75, 3.05) is 14.2 Å². The van der Waals surface area contributed by atoms with Gasteiger partial charge in [-0.3, -0.25) is 9.36 Å². The standard InChI is InChI=1S/C33H28F3O8P/c1-41-31(38)26-9-7-23(8-10-26)20-33(28-15-17-29(34)18-16-28,30(37)25-11-13-27(14-12-25)32(39)42-2)19-22-3-5-24(6-4-22)21-45(40,43-35)44-36/h3-18H,19-21H2,1-2H3. The lowest BCUT2D eigenvalue weighted by atomic mass is 9.67. The maximum Gasteiger partial charge on any atom is 0.399 e. The van der Waals surface area contributed by atoms with E-state index in [2.05, 4.69) is 9.46 Å². The molecule has 0 amide bonds. The molecule has 4 aromatic carbocycles. The molecule has 0 aliphatic carbocycles. The molecule has 0 aliphatic rings. The van der Waals surface area contributed by atoms with Gasteiger partial charge in [0.25, 0.3) is 0 Å². The predicted octanol–water partition coefficient (Wildman–Crippen LogP) is 7.50. The molecule has 0 aromatic heterocycles. The molecule has 234 valence electrons. The van der Waals surface area contributed by atoms with Gasteiger partial charge in [0.2, 0.25) is 0 Å². The molecule has 0 saturated heterocycles. The van der Waals surface area contributed by atoms with E-state index in [1.807, 2.05) is 0 Å². The molecular weight excluding hydrogens is 612 g/mol. The minimum Gasteiger partial charge on any atom is -0.465 e. The predicted molar refractivity (Wildman–Crippen MR) is 158 cm³/mol. The van der Waals surface area contributed by atoms with Gasteiger partial charge in [0, 0.05) is 5.56 Å². The summed E-state index contributed by atoms with van der Waals surface area (Å²) in [7, 11) is -2.12. The molecular formula is C33H28F3O8P. The number of carbonyl (C=O) groups excluding carboxylic acids is 3. The zero-order valence-corrected chi connectivity index (χ0v) is 25.1. The maximum absolute atomic E-state index is 14.6. The fourth-order valence-electron chi connectivity index (χ4n) is 5.10. The van der Waals surface area contributed by atoms with E-state index in [1.54, 1.807) is 36.4 Å². The third-order valence-corrected chi connectivity index (χ3v) is 8.57. The molecule has 1 atom stereocenters. The zero-order valence-electron chi connectivity index (χ0n) is 24.2. The highest BCUT2D eigenvalue weighted by Crippen LogP contribution is 2.52. The number of Topliss-reactive ketones (excluding diaryl/α,β-unsaturated/α-hetero) is 1. The smallest absolute Gasteiger partial charge is 0.399 e. The summed E-state index contributed by atoms with van der Waals surface area (Å²) in [5, 5.41) is 0. The van der Waals surface area contributed by atoms with Crippen LogP contribution in [-0.2, 0) is 47.9 Å². The molecule has 0 spiro atoms. The van der Waals surface area contributed by atoms with Gasteiger partial charge in [-0.05, 0) is 80.5 Å². The van der Waals surface area contributed by atoms with Crippen LogP contribution in [0.2, 0.25) is 0 Å². The fourth-order valence-corrected chi connectivity index (χ4v) is 5.87. The number of methoxy groups -OCH3 is 2. The van der Waals surface area contributed by atoms with Crippen molar-refractivity contribution in [1.29, 1.82) is 0 Å². The second-order valence-electron chi connectivity index (χ2n) is 10.3.